The summed E-state index contributed by atoms with van der Waals surface area (Å²) in [5.74, 6) is -2.87. The van der Waals surface area contributed by atoms with E-state index in [1.807, 2.05) is 0 Å². The fourth-order valence-electron chi connectivity index (χ4n) is 1.62. The van der Waals surface area contributed by atoms with Crippen molar-refractivity contribution in [2.75, 3.05) is 18.0 Å². The van der Waals surface area contributed by atoms with Crippen LogP contribution in [0, 0.1) is 0 Å². The summed E-state index contributed by atoms with van der Waals surface area (Å²) in [4.78, 5) is 12.2. The first kappa shape index (κ1) is 12.1. The van der Waals surface area contributed by atoms with E-state index in [9.17, 15) is 13.6 Å². The van der Waals surface area contributed by atoms with E-state index in [4.69, 9.17) is 16.3 Å². The van der Waals surface area contributed by atoms with Crippen LogP contribution in [0.2, 0.25) is 5.02 Å². The fraction of sp³-hybridized carbons (Fsp3) is 0.364. The maximum absolute atomic E-state index is 12.7. The number of alkyl halides is 2. The second-order valence-electron chi connectivity index (χ2n) is 3.92. The molecule has 1 aliphatic rings. The zero-order chi connectivity index (χ0) is 12.6. The molecular weight excluding hydrogens is 252 g/mol. The second kappa shape index (κ2) is 4.14. The molecule has 1 saturated heterocycles. The summed E-state index contributed by atoms with van der Waals surface area (Å²) in [5.41, 5.74) is 0.594. The Labute approximate surface area is 102 Å². The molecule has 0 bridgehead atoms. The van der Waals surface area contributed by atoms with Gasteiger partial charge >= 0.3 is 5.97 Å². The number of ether oxygens (including phenoxy) is 1. The predicted octanol–water partition coefficient (Wildman–Crippen LogP) is 2.72. The van der Waals surface area contributed by atoms with Crippen LogP contribution in [-0.2, 0) is 4.79 Å². The lowest BCUT2D eigenvalue weighted by molar-refractivity contribution is -0.131. The quantitative estimate of drug-likeness (QED) is 0.606. The Morgan fingerprint density at radius 2 is 2.12 bits per heavy atom. The van der Waals surface area contributed by atoms with E-state index in [2.05, 4.69) is 0 Å². The standard InChI is InChI=1S/C11H10ClF2NO2/c1-7(16)17-10-3-2-8(4-9(10)12)15-5-11(13,14)6-15/h2-4H,5-6H2,1H3. The van der Waals surface area contributed by atoms with Crippen LogP contribution < -0.4 is 9.64 Å². The van der Waals surface area contributed by atoms with Gasteiger partial charge in [-0.1, -0.05) is 11.6 Å². The molecule has 1 heterocycles. The summed E-state index contributed by atoms with van der Waals surface area (Å²) in [5, 5.41) is 0.230. The molecule has 0 N–H and O–H groups in total. The molecule has 3 nitrogen and oxygen atoms in total. The molecule has 0 atom stereocenters. The van der Waals surface area contributed by atoms with E-state index < -0.39 is 11.9 Å². The summed E-state index contributed by atoms with van der Waals surface area (Å²) in [6.07, 6.45) is 0. The molecule has 0 saturated carbocycles. The van der Waals surface area contributed by atoms with E-state index >= 15 is 0 Å². The van der Waals surface area contributed by atoms with Crippen molar-refractivity contribution < 1.29 is 18.3 Å². The molecule has 0 aliphatic carbocycles. The van der Waals surface area contributed by atoms with Crippen LogP contribution in [0.3, 0.4) is 0 Å². The maximum Gasteiger partial charge on any atom is 0.308 e. The van der Waals surface area contributed by atoms with Gasteiger partial charge in [0.2, 0.25) is 0 Å². The van der Waals surface area contributed by atoms with E-state index in [0.717, 1.165) is 0 Å². The lowest BCUT2D eigenvalue weighted by Gasteiger charge is -2.40. The number of esters is 1. The van der Waals surface area contributed by atoms with Crippen LogP contribution in [0.5, 0.6) is 5.75 Å². The van der Waals surface area contributed by atoms with E-state index in [-0.39, 0.29) is 23.9 Å². The molecule has 0 amide bonds. The molecule has 6 heteroatoms. The normalized spacial score (nSPS) is 17.5. The molecular formula is C11H10ClF2NO2. The third-order valence-corrected chi connectivity index (χ3v) is 2.67. The Kier molecular flexibility index (Phi) is 2.95. The lowest BCUT2D eigenvalue weighted by Crippen LogP contribution is -2.56. The van der Waals surface area contributed by atoms with Crippen LogP contribution in [0.4, 0.5) is 14.5 Å². The highest BCUT2D eigenvalue weighted by molar-refractivity contribution is 6.32. The number of rotatable bonds is 2. The lowest BCUT2D eigenvalue weighted by atomic mass is 10.1. The molecule has 17 heavy (non-hydrogen) atoms. The summed E-state index contributed by atoms with van der Waals surface area (Å²) in [7, 11) is 0. The average molecular weight is 262 g/mol. The zero-order valence-corrected chi connectivity index (χ0v) is 9.80. The number of hydrogen-bond donors (Lipinski definition) is 0. The molecule has 0 spiro atoms. The van der Waals surface area contributed by atoms with Crippen molar-refractivity contribution >= 4 is 23.3 Å². The molecule has 1 fully saturated rings. The van der Waals surface area contributed by atoms with Gasteiger partial charge in [-0.3, -0.25) is 4.79 Å². The Morgan fingerprint density at radius 3 is 2.59 bits per heavy atom. The van der Waals surface area contributed by atoms with Gasteiger partial charge in [0, 0.05) is 12.6 Å². The van der Waals surface area contributed by atoms with Crippen molar-refractivity contribution in [2.24, 2.45) is 0 Å². The summed E-state index contributed by atoms with van der Waals surface area (Å²) >= 11 is 5.88. The van der Waals surface area contributed by atoms with Crippen LogP contribution in [-0.4, -0.2) is 25.0 Å². The van der Waals surface area contributed by atoms with Gasteiger partial charge < -0.3 is 9.64 Å². The Hall–Kier alpha value is -1.36. The van der Waals surface area contributed by atoms with Crippen molar-refractivity contribution in [3.05, 3.63) is 23.2 Å². The van der Waals surface area contributed by atoms with Gasteiger partial charge in [0.1, 0.15) is 5.75 Å². The highest BCUT2D eigenvalue weighted by atomic mass is 35.5. The van der Waals surface area contributed by atoms with Gasteiger partial charge in [-0.15, -0.1) is 0 Å². The summed E-state index contributed by atoms with van der Waals surface area (Å²) in [6, 6.07) is 4.60. The van der Waals surface area contributed by atoms with Crippen molar-refractivity contribution in [1.29, 1.82) is 0 Å². The molecule has 92 valence electrons. The third-order valence-electron chi connectivity index (χ3n) is 2.38. The second-order valence-corrected chi connectivity index (χ2v) is 4.33. The van der Waals surface area contributed by atoms with Gasteiger partial charge in [0.15, 0.2) is 0 Å². The van der Waals surface area contributed by atoms with Gasteiger partial charge in [-0.05, 0) is 18.2 Å². The number of halogens is 3. The van der Waals surface area contributed by atoms with Crippen LogP contribution in [0.1, 0.15) is 6.92 Å². The van der Waals surface area contributed by atoms with Crippen molar-refractivity contribution in [2.45, 2.75) is 12.8 Å². The van der Waals surface area contributed by atoms with E-state index in [1.54, 1.807) is 6.07 Å². The molecule has 0 unspecified atom stereocenters. The summed E-state index contributed by atoms with van der Waals surface area (Å²) in [6.45, 7) is 0.646. The van der Waals surface area contributed by atoms with Crippen LogP contribution in [0.15, 0.2) is 18.2 Å². The fourth-order valence-corrected chi connectivity index (χ4v) is 1.83. The summed E-state index contributed by atoms with van der Waals surface area (Å²) < 4.78 is 30.2. The third kappa shape index (κ3) is 2.66. The molecule has 0 radical (unpaired) electrons. The SMILES string of the molecule is CC(=O)Oc1ccc(N2CC(F)(F)C2)cc1Cl. The first-order valence-electron chi connectivity index (χ1n) is 4.98. The first-order chi connectivity index (χ1) is 7.87. The minimum absolute atomic E-state index is 0.230. The first-order valence-corrected chi connectivity index (χ1v) is 5.36. The number of carbonyl (C=O) groups excluding carboxylic acids is 1. The van der Waals surface area contributed by atoms with Crippen LogP contribution in [0.25, 0.3) is 0 Å². The Bertz CT molecular complexity index is 457. The van der Waals surface area contributed by atoms with Crippen LogP contribution >= 0.6 is 11.6 Å². The number of benzene rings is 1. The minimum Gasteiger partial charge on any atom is -0.425 e. The largest absolute Gasteiger partial charge is 0.425 e. The average Bonchev–Trinajstić information content (AvgIpc) is 2.17. The number of nitrogens with zero attached hydrogens (tertiary/aromatic N) is 1. The van der Waals surface area contributed by atoms with Crippen molar-refractivity contribution in [1.82, 2.24) is 0 Å². The molecule has 2 rings (SSSR count). The highest BCUT2D eigenvalue weighted by Gasteiger charge is 2.43. The van der Waals surface area contributed by atoms with E-state index in [0.29, 0.717) is 5.69 Å². The predicted molar refractivity (Wildman–Crippen MR) is 59.9 cm³/mol. The number of anilines is 1. The van der Waals surface area contributed by atoms with Gasteiger partial charge in [0.05, 0.1) is 18.1 Å². The molecule has 1 aromatic carbocycles. The molecule has 1 aromatic rings. The number of hydrogen-bond acceptors (Lipinski definition) is 3. The van der Waals surface area contributed by atoms with Crippen molar-refractivity contribution in [3.63, 3.8) is 0 Å². The zero-order valence-electron chi connectivity index (χ0n) is 9.04. The minimum atomic E-state index is -2.62. The molecule has 0 aromatic heterocycles. The van der Waals surface area contributed by atoms with Gasteiger partial charge in [-0.2, -0.15) is 0 Å². The van der Waals surface area contributed by atoms with Gasteiger partial charge in [0.25, 0.3) is 5.92 Å². The topological polar surface area (TPSA) is 29.5 Å². The van der Waals surface area contributed by atoms with Crippen molar-refractivity contribution in [3.8, 4) is 5.75 Å². The maximum atomic E-state index is 12.7. The smallest absolute Gasteiger partial charge is 0.308 e. The Morgan fingerprint density at radius 1 is 1.47 bits per heavy atom. The number of carbonyl (C=O) groups is 1. The molecule has 1 aliphatic heterocycles. The Balaban J connectivity index is 2.12. The van der Waals surface area contributed by atoms with Gasteiger partial charge in [-0.25, -0.2) is 8.78 Å². The highest BCUT2D eigenvalue weighted by Crippen LogP contribution is 2.35. The van der Waals surface area contributed by atoms with E-state index in [1.165, 1.54) is 24.0 Å². The monoisotopic (exact) mass is 261 g/mol.